The fraction of sp³-hybridized carbons (Fsp3) is 0.388. The van der Waals surface area contributed by atoms with Gasteiger partial charge in [-0.05, 0) is 118 Å². The molecule has 0 unspecified atom stereocenters. The number of methoxy groups -OCH3 is 1. The van der Waals surface area contributed by atoms with E-state index in [0.29, 0.717) is 40.2 Å². The first kappa shape index (κ1) is 43.6. The van der Waals surface area contributed by atoms with Crippen molar-refractivity contribution in [2.45, 2.75) is 79.1 Å². The van der Waals surface area contributed by atoms with E-state index in [1.807, 2.05) is 36.4 Å². The topological polar surface area (TPSA) is 89.1 Å². The fourth-order valence-electron chi connectivity index (χ4n) is 7.74. The molecule has 3 aliphatic rings. The number of carbonyl (C=O) groups excluding carboxylic acids is 2. The van der Waals surface area contributed by atoms with Gasteiger partial charge in [0.05, 0.1) is 26.0 Å². The second-order valence-corrected chi connectivity index (χ2v) is 17.0. The third-order valence-electron chi connectivity index (χ3n) is 11.0. The van der Waals surface area contributed by atoms with Crippen molar-refractivity contribution in [3.8, 4) is 11.5 Å². The highest BCUT2D eigenvalue weighted by Crippen LogP contribution is 2.41. The molecule has 0 bridgehead atoms. The van der Waals surface area contributed by atoms with Crippen LogP contribution in [0.15, 0.2) is 60.7 Å². The van der Waals surface area contributed by atoms with E-state index in [0.717, 1.165) is 77.9 Å². The molecule has 0 aromatic heterocycles. The maximum absolute atomic E-state index is 14.0. The molecular weight excluding hydrogens is 765 g/mol. The van der Waals surface area contributed by atoms with Crippen molar-refractivity contribution >= 4 is 58.1 Å². The van der Waals surface area contributed by atoms with Crippen LogP contribution in [0.2, 0.25) is 5.02 Å². The third kappa shape index (κ3) is 9.92. The molecule has 2 amide bonds. The quantitative estimate of drug-likeness (QED) is 0.147. The number of nitrogens with one attached hydrogen (secondary N) is 2. The minimum Gasteiger partial charge on any atom is -0.496 e. The largest absolute Gasteiger partial charge is 0.496 e. The average molecular weight is 822 g/mol. The molecule has 59 heavy (non-hydrogen) atoms. The molecule has 1 saturated heterocycles. The van der Waals surface area contributed by atoms with Gasteiger partial charge in [0.25, 0.3) is 11.8 Å². The van der Waals surface area contributed by atoms with Crippen molar-refractivity contribution < 1.29 is 28.2 Å². The molecule has 312 valence electrons. The summed E-state index contributed by atoms with van der Waals surface area (Å²) in [5, 5.41) is 6.18. The Morgan fingerprint density at radius 1 is 0.729 bits per heavy atom. The summed E-state index contributed by atoms with van der Waals surface area (Å²) in [7, 11) is 1.69. The predicted molar refractivity (Wildman–Crippen MR) is 239 cm³/mol. The Hall–Kier alpha value is -4.96. The molecule has 0 radical (unpaired) electrons. The van der Waals surface area contributed by atoms with Crippen LogP contribution in [-0.2, 0) is 14.3 Å². The van der Waals surface area contributed by atoms with Gasteiger partial charge in [0, 0.05) is 52.6 Å². The number of para-hydroxylation sites is 1. The molecule has 3 heterocycles. The van der Waals surface area contributed by atoms with Gasteiger partial charge in [-0.1, -0.05) is 79.1 Å². The summed E-state index contributed by atoms with van der Waals surface area (Å²) in [6.45, 7) is 22.2. The van der Waals surface area contributed by atoms with Crippen LogP contribution >= 0.6 is 11.6 Å². The van der Waals surface area contributed by atoms with Crippen molar-refractivity contribution in [3.05, 3.63) is 116 Å². The maximum atomic E-state index is 14.0. The smallest absolute Gasteiger partial charge is 0.256 e. The normalized spacial score (nSPS) is 16.5. The zero-order chi connectivity index (χ0) is 42.5. The summed E-state index contributed by atoms with van der Waals surface area (Å²) in [5.41, 5.74) is 10.1. The average Bonchev–Trinajstić information content (AvgIpc) is 3.69. The van der Waals surface area contributed by atoms with Crippen LogP contribution in [0.25, 0.3) is 23.3 Å². The van der Waals surface area contributed by atoms with E-state index in [9.17, 15) is 14.0 Å². The Balaban J connectivity index is 0.000000204. The highest BCUT2D eigenvalue weighted by Gasteiger charge is 2.28. The molecule has 8 nitrogen and oxygen atoms in total. The summed E-state index contributed by atoms with van der Waals surface area (Å²) in [5.74, 6) is 2.23. The van der Waals surface area contributed by atoms with Crippen LogP contribution in [0.1, 0.15) is 124 Å². The van der Waals surface area contributed by atoms with E-state index in [1.54, 1.807) is 25.3 Å². The highest BCUT2D eigenvalue weighted by molar-refractivity contribution is 6.37. The molecule has 0 aliphatic carbocycles. The van der Waals surface area contributed by atoms with Gasteiger partial charge in [-0.15, -0.1) is 0 Å². The van der Waals surface area contributed by atoms with Gasteiger partial charge in [0.1, 0.15) is 23.9 Å². The van der Waals surface area contributed by atoms with Gasteiger partial charge in [-0.3, -0.25) is 14.5 Å². The Morgan fingerprint density at radius 3 is 1.80 bits per heavy atom. The van der Waals surface area contributed by atoms with Gasteiger partial charge in [-0.2, -0.15) is 0 Å². The number of carbonyl (C=O) groups is 2. The number of nitrogens with zero attached hydrogens (tertiary/aromatic N) is 1. The lowest BCUT2D eigenvalue weighted by Crippen LogP contribution is -2.38. The van der Waals surface area contributed by atoms with Crippen LogP contribution in [0, 0.1) is 5.82 Å². The van der Waals surface area contributed by atoms with E-state index in [-0.39, 0.29) is 29.3 Å². The Bertz CT molecular complexity index is 2210. The molecule has 0 saturated carbocycles. The van der Waals surface area contributed by atoms with E-state index in [4.69, 9.17) is 25.8 Å². The number of amides is 2. The van der Waals surface area contributed by atoms with Crippen LogP contribution in [-0.4, -0.2) is 63.3 Å². The van der Waals surface area contributed by atoms with Crippen molar-refractivity contribution in [2.24, 2.45) is 0 Å². The molecule has 7 rings (SSSR count). The van der Waals surface area contributed by atoms with Crippen molar-refractivity contribution in [3.63, 3.8) is 0 Å². The van der Waals surface area contributed by atoms with E-state index in [1.165, 1.54) is 17.2 Å². The second kappa shape index (κ2) is 19.0. The van der Waals surface area contributed by atoms with Crippen LogP contribution in [0.4, 0.5) is 15.8 Å². The highest BCUT2D eigenvalue weighted by atomic mass is 35.5. The molecule has 0 atom stereocenters. The standard InChI is InChI=1S/C27H33ClN2O3.C22H24FNO2/c1-17(2)21-13-19(15-24-23-16-20(28)5-6-25(23)29-27(24)31)14-22(18(3)4)26(21)33-12-9-30-7-10-32-11-8-30;1-12(2)16-9-14(10-17(13(3)4)21(16)26-5)11-18-15-7-6-8-19(23)20(15)24-22(18)25/h5-6,13-18H,7-12H2,1-4H3,(H,29,31);6-13H,1-5H3,(H,24,25). The van der Waals surface area contributed by atoms with Gasteiger partial charge >= 0.3 is 0 Å². The van der Waals surface area contributed by atoms with Gasteiger partial charge < -0.3 is 24.8 Å². The monoisotopic (exact) mass is 821 g/mol. The number of anilines is 2. The molecule has 3 aliphatic heterocycles. The number of benzene rings is 4. The molecule has 0 spiro atoms. The van der Waals surface area contributed by atoms with Gasteiger partial charge in [-0.25, -0.2) is 4.39 Å². The number of ether oxygens (including phenoxy) is 3. The Labute approximate surface area is 353 Å². The summed E-state index contributed by atoms with van der Waals surface area (Å²) < 4.78 is 31.5. The zero-order valence-electron chi connectivity index (χ0n) is 35.7. The molecule has 10 heteroatoms. The minimum absolute atomic E-state index is 0.102. The SMILES string of the molecule is CC(C)c1cc(C=C2C(=O)Nc3ccc(Cl)cc32)cc(C(C)C)c1OCCN1CCOCC1.COc1c(C(C)C)cc(C=C2C(=O)Nc3c(F)cccc32)cc1C(C)C. The van der Waals surface area contributed by atoms with Crippen molar-refractivity contribution in [1.29, 1.82) is 0 Å². The van der Waals surface area contributed by atoms with Crippen LogP contribution < -0.4 is 20.1 Å². The molecule has 1 fully saturated rings. The van der Waals surface area contributed by atoms with Crippen LogP contribution in [0.5, 0.6) is 11.5 Å². The lowest BCUT2D eigenvalue weighted by Gasteiger charge is -2.27. The predicted octanol–water partition coefficient (Wildman–Crippen LogP) is 11.4. The van der Waals surface area contributed by atoms with Crippen molar-refractivity contribution in [2.75, 3.05) is 57.2 Å². The maximum Gasteiger partial charge on any atom is 0.256 e. The zero-order valence-corrected chi connectivity index (χ0v) is 36.5. The Kier molecular flexibility index (Phi) is 14.0. The van der Waals surface area contributed by atoms with Gasteiger partial charge in [0.15, 0.2) is 0 Å². The first-order valence-electron chi connectivity index (χ1n) is 20.6. The fourth-order valence-corrected chi connectivity index (χ4v) is 7.91. The van der Waals surface area contributed by atoms with E-state index < -0.39 is 5.82 Å². The first-order valence-corrected chi connectivity index (χ1v) is 21.0. The number of halogens is 2. The molecule has 2 N–H and O–H groups in total. The number of rotatable bonds is 11. The van der Waals surface area contributed by atoms with Gasteiger partial charge in [0.2, 0.25) is 0 Å². The summed E-state index contributed by atoms with van der Waals surface area (Å²) in [6, 6.07) is 18.6. The number of fused-ring (bicyclic) bond motifs is 2. The summed E-state index contributed by atoms with van der Waals surface area (Å²) >= 11 is 6.21. The number of hydrogen-bond acceptors (Lipinski definition) is 6. The lowest BCUT2D eigenvalue weighted by atomic mass is 9.90. The lowest BCUT2D eigenvalue weighted by molar-refractivity contribution is -0.111. The number of morpholine rings is 1. The summed E-state index contributed by atoms with van der Waals surface area (Å²) in [4.78, 5) is 27.4. The molecule has 4 aromatic rings. The minimum atomic E-state index is -0.417. The van der Waals surface area contributed by atoms with E-state index >= 15 is 0 Å². The number of hydrogen-bond donors (Lipinski definition) is 2. The van der Waals surface area contributed by atoms with E-state index in [2.05, 4.69) is 83.1 Å². The van der Waals surface area contributed by atoms with Crippen LogP contribution in [0.3, 0.4) is 0 Å². The molecule has 4 aromatic carbocycles. The van der Waals surface area contributed by atoms with Crippen molar-refractivity contribution in [1.82, 2.24) is 4.90 Å². The second-order valence-electron chi connectivity index (χ2n) is 16.6. The summed E-state index contributed by atoms with van der Waals surface area (Å²) in [6.07, 6.45) is 3.80. The first-order chi connectivity index (χ1) is 28.2. The molecular formula is C49H57ClFN3O5. The third-order valence-corrected chi connectivity index (χ3v) is 11.2. The Morgan fingerprint density at radius 2 is 1.25 bits per heavy atom.